The molecule has 1 unspecified atom stereocenters. The van der Waals surface area contributed by atoms with Crippen LogP contribution < -0.4 is 16.0 Å². The quantitative estimate of drug-likeness (QED) is 0.452. The maximum absolute atomic E-state index is 13.4. The van der Waals surface area contributed by atoms with Crippen LogP contribution in [0.25, 0.3) is 16.9 Å². The second-order valence-electron chi connectivity index (χ2n) is 8.86. The predicted octanol–water partition coefficient (Wildman–Crippen LogP) is 3.22. The van der Waals surface area contributed by atoms with Crippen LogP contribution in [0.2, 0.25) is 0 Å². The van der Waals surface area contributed by atoms with Crippen molar-refractivity contribution in [2.24, 2.45) is 0 Å². The Bertz CT molecular complexity index is 1300. The van der Waals surface area contributed by atoms with E-state index in [1.54, 1.807) is 28.9 Å². The molecule has 10 heteroatoms. The van der Waals surface area contributed by atoms with Gasteiger partial charge in [0.1, 0.15) is 11.6 Å². The Kier molecular flexibility index (Phi) is 5.74. The molecule has 2 atom stereocenters. The zero-order chi connectivity index (χ0) is 23.8. The van der Waals surface area contributed by atoms with Gasteiger partial charge in [-0.25, -0.2) is 18.9 Å². The number of hydrogen-bond donors (Lipinski definition) is 2. The summed E-state index contributed by atoms with van der Waals surface area (Å²) in [5.41, 5.74) is 9.21. The van der Waals surface area contributed by atoms with Crippen molar-refractivity contribution in [1.29, 1.82) is 0 Å². The van der Waals surface area contributed by atoms with Crippen LogP contribution >= 0.6 is 0 Å². The molecule has 176 valence electrons. The van der Waals surface area contributed by atoms with Gasteiger partial charge >= 0.3 is 0 Å². The number of halogens is 1. The summed E-state index contributed by atoms with van der Waals surface area (Å²) in [6.45, 7) is 3.71. The molecule has 1 fully saturated rings. The molecule has 0 radical (unpaired) electrons. The molecule has 3 aromatic heterocycles. The normalized spacial score (nSPS) is 17.0. The summed E-state index contributed by atoms with van der Waals surface area (Å²) in [6, 6.07) is 10.5. The highest BCUT2D eigenvalue weighted by Gasteiger charge is 2.27. The van der Waals surface area contributed by atoms with E-state index in [2.05, 4.69) is 39.3 Å². The lowest BCUT2D eigenvalue weighted by Gasteiger charge is -2.22. The fraction of sp³-hybridized carbons (Fsp3) is 0.333. The van der Waals surface area contributed by atoms with Gasteiger partial charge in [0, 0.05) is 43.6 Å². The van der Waals surface area contributed by atoms with E-state index in [1.807, 2.05) is 19.2 Å². The summed E-state index contributed by atoms with van der Waals surface area (Å²) >= 11 is 0. The average Bonchev–Trinajstić information content (AvgIpc) is 3.44. The average molecular weight is 462 g/mol. The minimum Gasteiger partial charge on any atom is -0.382 e. The molecule has 5 rings (SSSR count). The van der Waals surface area contributed by atoms with Crippen molar-refractivity contribution in [2.45, 2.75) is 25.4 Å². The van der Waals surface area contributed by atoms with Crippen LogP contribution in [0.1, 0.15) is 24.9 Å². The number of likely N-dealkylation sites (N-methyl/N-ethyl adjacent to an activating group) is 1. The molecule has 4 aromatic rings. The second-order valence-corrected chi connectivity index (χ2v) is 8.86. The molecule has 1 saturated heterocycles. The van der Waals surface area contributed by atoms with Gasteiger partial charge in [-0.2, -0.15) is 4.98 Å². The van der Waals surface area contributed by atoms with Crippen LogP contribution in [0.15, 0.2) is 48.8 Å². The molecule has 4 heterocycles. The largest absolute Gasteiger partial charge is 0.382 e. The lowest BCUT2D eigenvalue weighted by Crippen LogP contribution is -2.32. The smallest absolute Gasteiger partial charge is 0.227 e. The van der Waals surface area contributed by atoms with Gasteiger partial charge in [0.05, 0.1) is 11.3 Å². The summed E-state index contributed by atoms with van der Waals surface area (Å²) in [5.74, 6) is 1.38. The number of aromatic nitrogens is 5. The molecular formula is C24H28FN9. The zero-order valence-corrected chi connectivity index (χ0v) is 19.5. The molecule has 1 aliphatic heterocycles. The molecule has 0 bridgehead atoms. The highest BCUT2D eigenvalue weighted by Crippen LogP contribution is 2.32. The maximum atomic E-state index is 13.4. The number of nitrogens with one attached hydrogen (secondary N) is 1. The van der Waals surface area contributed by atoms with Gasteiger partial charge in [-0.3, -0.25) is 0 Å². The van der Waals surface area contributed by atoms with Crippen molar-refractivity contribution >= 4 is 23.2 Å². The first-order valence-corrected chi connectivity index (χ1v) is 11.3. The Balaban J connectivity index is 1.55. The molecular weight excluding hydrogens is 433 g/mol. The number of nitrogen functional groups attached to an aromatic ring is 1. The van der Waals surface area contributed by atoms with Crippen LogP contribution in [0.5, 0.6) is 0 Å². The summed E-state index contributed by atoms with van der Waals surface area (Å²) in [6.07, 6.45) is 4.55. The third-order valence-electron chi connectivity index (χ3n) is 6.30. The van der Waals surface area contributed by atoms with Gasteiger partial charge in [0.25, 0.3) is 0 Å². The number of rotatable bonds is 6. The van der Waals surface area contributed by atoms with E-state index in [0.29, 0.717) is 40.5 Å². The molecule has 1 aromatic carbocycles. The molecule has 0 aliphatic carbocycles. The third kappa shape index (κ3) is 4.24. The maximum Gasteiger partial charge on any atom is 0.227 e. The van der Waals surface area contributed by atoms with E-state index in [4.69, 9.17) is 15.7 Å². The fourth-order valence-corrected chi connectivity index (χ4v) is 4.33. The summed E-state index contributed by atoms with van der Waals surface area (Å²) in [7, 11) is 4.18. The van der Waals surface area contributed by atoms with Crippen molar-refractivity contribution in [1.82, 2.24) is 29.5 Å². The van der Waals surface area contributed by atoms with Gasteiger partial charge in [-0.05, 0) is 51.2 Å². The lowest BCUT2D eigenvalue weighted by molar-refractivity contribution is 0.315. The van der Waals surface area contributed by atoms with Gasteiger partial charge in [0.2, 0.25) is 5.95 Å². The summed E-state index contributed by atoms with van der Waals surface area (Å²) in [5, 5.41) is 7.84. The lowest BCUT2D eigenvalue weighted by atomic mass is 10.1. The third-order valence-corrected chi connectivity index (χ3v) is 6.30. The number of benzene rings is 1. The van der Waals surface area contributed by atoms with Gasteiger partial charge in [-0.1, -0.05) is 12.1 Å². The first-order chi connectivity index (χ1) is 16.4. The second kappa shape index (κ2) is 8.86. The van der Waals surface area contributed by atoms with E-state index in [9.17, 15) is 4.39 Å². The Morgan fingerprint density at radius 2 is 2.00 bits per heavy atom. The minimum absolute atomic E-state index is 0.0938. The zero-order valence-electron chi connectivity index (χ0n) is 19.5. The molecule has 3 N–H and O–H groups in total. The van der Waals surface area contributed by atoms with Gasteiger partial charge < -0.3 is 20.9 Å². The summed E-state index contributed by atoms with van der Waals surface area (Å²) < 4.78 is 15.0. The Morgan fingerprint density at radius 1 is 1.21 bits per heavy atom. The number of nitrogens with zero attached hydrogens (tertiary/aromatic N) is 7. The topological polar surface area (TPSA) is 100 Å². The number of nitrogens with two attached hydrogens (primary N) is 1. The number of anilines is 3. The highest BCUT2D eigenvalue weighted by atomic mass is 19.1. The van der Waals surface area contributed by atoms with Crippen molar-refractivity contribution in [2.75, 3.05) is 43.1 Å². The van der Waals surface area contributed by atoms with Gasteiger partial charge in [0.15, 0.2) is 11.5 Å². The van der Waals surface area contributed by atoms with Crippen molar-refractivity contribution in [3.05, 3.63) is 60.2 Å². The molecule has 9 nitrogen and oxygen atoms in total. The fourth-order valence-electron chi connectivity index (χ4n) is 4.33. The van der Waals surface area contributed by atoms with E-state index < -0.39 is 0 Å². The highest BCUT2D eigenvalue weighted by molar-refractivity contribution is 5.85. The molecule has 0 amide bonds. The molecule has 34 heavy (non-hydrogen) atoms. The van der Waals surface area contributed by atoms with Gasteiger partial charge in [-0.15, -0.1) is 5.10 Å². The SMILES string of the molecule is C[C@H](Nc1cc(-c2c(N)nn3cccnc23)nc(N2CCC(N(C)C)C2)n1)c1ccc(F)cc1. The van der Waals surface area contributed by atoms with E-state index in [-0.39, 0.29) is 11.9 Å². The standard InChI is InChI=1S/C24H28FN9/c1-15(16-5-7-17(25)8-6-16)28-20-13-19(21-22(26)31-34-11-4-10-27-23(21)34)29-24(30-20)33-12-9-18(14-33)32(2)3/h4-8,10-11,13,15,18H,9,12,14H2,1-3H3,(H2,26,31)(H,28,29,30)/t15-,18?/m0/s1. The van der Waals surface area contributed by atoms with E-state index in [0.717, 1.165) is 25.1 Å². The monoisotopic (exact) mass is 461 g/mol. The Labute approximate surface area is 197 Å². The van der Waals surface area contributed by atoms with E-state index in [1.165, 1.54) is 12.1 Å². The minimum atomic E-state index is -0.261. The first-order valence-electron chi connectivity index (χ1n) is 11.3. The van der Waals surface area contributed by atoms with Crippen LogP contribution in [0, 0.1) is 5.82 Å². The summed E-state index contributed by atoms with van der Waals surface area (Å²) in [4.78, 5) is 18.6. The predicted molar refractivity (Wildman–Crippen MR) is 131 cm³/mol. The van der Waals surface area contributed by atoms with Crippen molar-refractivity contribution < 1.29 is 4.39 Å². The Hall–Kier alpha value is -3.79. The molecule has 0 saturated carbocycles. The molecule has 1 aliphatic rings. The number of fused-ring (bicyclic) bond motifs is 1. The Morgan fingerprint density at radius 3 is 2.74 bits per heavy atom. The van der Waals surface area contributed by atoms with Crippen LogP contribution in [-0.2, 0) is 0 Å². The number of hydrogen-bond acceptors (Lipinski definition) is 8. The van der Waals surface area contributed by atoms with E-state index >= 15 is 0 Å². The van der Waals surface area contributed by atoms with Crippen LogP contribution in [-0.4, -0.2) is 62.7 Å². The van der Waals surface area contributed by atoms with Crippen molar-refractivity contribution in [3.63, 3.8) is 0 Å². The first kappa shape index (κ1) is 22.0. The molecule has 0 spiro atoms. The van der Waals surface area contributed by atoms with Crippen LogP contribution in [0.4, 0.5) is 22.0 Å². The van der Waals surface area contributed by atoms with Crippen LogP contribution in [0.3, 0.4) is 0 Å². The van der Waals surface area contributed by atoms with Crippen molar-refractivity contribution in [3.8, 4) is 11.3 Å².